The first-order valence-electron chi connectivity index (χ1n) is 3.32. The van der Waals surface area contributed by atoms with E-state index in [4.69, 9.17) is 9.52 Å². The van der Waals surface area contributed by atoms with Crippen molar-refractivity contribution in [1.29, 1.82) is 0 Å². The molecule has 2 heterocycles. The number of aliphatic hydroxyl groups is 1. The third-order valence-corrected chi connectivity index (χ3v) is 1.64. The van der Waals surface area contributed by atoms with E-state index < -0.39 is 0 Å². The fourth-order valence-electron chi connectivity index (χ4n) is 1.16. The van der Waals surface area contributed by atoms with Gasteiger partial charge in [0.1, 0.15) is 11.2 Å². The van der Waals surface area contributed by atoms with Gasteiger partial charge in [-0.1, -0.05) is 0 Å². The van der Waals surface area contributed by atoms with Gasteiger partial charge < -0.3 is 9.52 Å². The Morgan fingerprint density at radius 1 is 1.40 bits per heavy atom. The van der Waals surface area contributed by atoms with Crippen molar-refractivity contribution in [2.75, 3.05) is 6.61 Å². The van der Waals surface area contributed by atoms with E-state index in [1.165, 1.54) is 0 Å². The van der Waals surface area contributed by atoms with Crippen LogP contribution in [0.1, 0.15) is 5.56 Å². The summed E-state index contributed by atoms with van der Waals surface area (Å²) in [5.41, 5.74) is 2.92. The van der Waals surface area contributed by atoms with E-state index in [1.807, 2.05) is 18.2 Å². The molecular weight excluding hydrogens is 128 g/mol. The summed E-state index contributed by atoms with van der Waals surface area (Å²) < 4.78 is 5.26. The second-order valence-electron chi connectivity index (χ2n) is 2.35. The van der Waals surface area contributed by atoms with Crippen LogP contribution in [0.25, 0.3) is 11.2 Å². The number of hydrogen-bond donors (Lipinski definition) is 1. The lowest BCUT2D eigenvalue weighted by Crippen LogP contribution is -1.87. The molecule has 2 aromatic rings. The lowest BCUT2D eigenvalue weighted by molar-refractivity contribution is 0.300. The molecule has 0 aromatic carbocycles. The molecule has 2 bridgehead atoms. The zero-order valence-electron chi connectivity index (χ0n) is 5.50. The fourth-order valence-corrected chi connectivity index (χ4v) is 1.16. The van der Waals surface area contributed by atoms with Crippen molar-refractivity contribution < 1.29 is 9.52 Å². The molecule has 0 spiro atoms. The molecule has 2 rings (SSSR count). The number of fused-ring (bicyclic) bond motifs is 2. The molecule has 0 saturated heterocycles. The number of furan rings is 2. The lowest BCUT2D eigenvalue weighted by atomic mass is 10.2. The molecule has 52 valence electrons. The van der Waals surface area contributed by atoms with E-state index in [0.717, 1.165) is 16.7 Å². The van der Waals surface area contributed by atoms with Gasteiger partial charge in [0.25, 0.3) is 0 Å². The van der Waals surface area contributed by atoms with Crippen LogP contribution >= 0.6 is 0 Å². The van der Waals surface area contributed by atoms with Crippen LogP contribution in [0.2, 0.25) is 0 Å². The minimum Gasteiger partial charge on any atom is -0.457 e. The van der Waals surface area contributed by atoms with Crippen LogP contribution in [0.5, 0.6) is 0 Å². The first-order chi connectivity index (χ1) is 4.90. The first kappa shape index (κ1) is 5.74. The molecule has 0 aliphatic rings. The Morgan fingerprint density at radius 2 is 2.30 bits per heavy atom. The van der Waals surface area contributed by atoms with Gasteiger partial charge in [-0.25, -0.2) is 0 Å². The second kappa shape index (κ2) is 1.99. The van der Waals surface area contributed by atoms with Crippen molar-refractivity contribution in [1.82, 2.24) is 0 Å². The van der Waals surface area contributed by atoms with E-state index in [9.17, 15) is 0 Å². The molecule has 0 radical (unpaired) electrons. The topological polar surface area (TPSA) is 33.4 Å². The highest BCUT2D eigenvalue weighted by molar-refractivity contribution is 5.65. The molecule has 0 unspecified atom stereocenters. The van der Waals surface area contributed by atoms with Crippen LogP contribution in [0.15, 0.2) is 22.6 Å². The molecule has 0 saturated carbocycles. The summed E-state index contributed by atoms with van der Waals surface area (Å²) in [5, 5.41) is 8.61. The van der Waals surface area contributed by atoms with Gasteiger partial charge in [-0.2, -0.15) is 0 Å². The summed E-state index contributed by atoms with van der Waals surface area (Å²) in [6.07, 6.45) is 0.698. The highest BCUT2D eigenvalue weighted by Gasteiger charge is 2.04. The largest absolute Gasteiger partial charge is 0.457 e. The lowest BCUT2D eigenvalue weighted by Gasteiger charge is -1.89. The maximum Gasteiger partial charge on any atom is 0.130 e. The average molecular weight is 136 g/mol. The van der Waals surface area contributed by atoms with Gasteiger partial charge in [0, 0.05) is 12.2 Å². The third-order valence-electron chi connectivity index (χ3n) is 1.64. The Kier molecular flexibility index (Phi) is 1.14. The molecular formula is C8H8O2. The maximum absolute atomic E-state index is 8.61. The van der Waals surface area contributed by atoms with Gasteiger partial charge in [-0.3, -0.25) is 0 Å². The quantitative estimate of drug-likeness (QED) is 0.677. The summed E-state index contributed by atoms with van der Waals surface area (Å²) in [4.78, 5) is 0. The molecule has 2 heteroatoms. The van der Waals surface area contributed by atoms with Gasteiger partial charge in [0.15, 0.2) is 0 Å². The summed E-state index contributed by atoms with van der Waals surface area (Å²) in [5.74, 6) is 0. The van der Waals surface area contributed by atoms with Crippen molar-refractivity contribution >= 4 is 11.2 Å². The van der Waals surface area contributed by atoms with Crippen LogP contribution in [0, 0.1) is 0 Å². The smallest absolute Gasteiger partial charge is 0.130 e. The zero-order valence-corrected chi connectivity index (χ0v) is 5.50. The highest BCUT2D eigenvalue weighted by Crippen LogP contribution is 2.21. The zero-order chi connectivity index (χ0) is 6.97. The number of aliphatic hydroxyl groups excluding tert-OH is 1. The average Bonchev–Trinajstić information content (AvgIpc) is 2.48. The normalized spacial score (nSPS) is 11.3. The molecule has 0 amide bonds. The van der Waals surface area contributed by atoms with Crippen molar-refractivity contribution in [3.8, 4) is 0 Å². The van der Waals surface area contributed by atoms with E-state index in [-0.39, 0.29) is 6.61 Å². The molecule has 0 atom stereocenters. The maximum atomic E-state index is 8.61. The Morgan fingerprint density at radius 3 is 2.80 bits per heavy atom. The molecule has 1 N–H and O–H groups in total. The summed E-state index contributed by atoms with van der Waals surface area (Å²) >= 11 is 0. The Hall–Kier alpha value is -1.02. The molecule has 0 aliphatic heterocycles. The molecule has 2 aromatic heterocycles. The van der Waals surface area contributed by atoms with E-state index >= 15 is 0 Å². The highest BCUT2D eigenvalue weighted by atomic mass is 16.3. The van der Waals surface area contributed by atoms with E-state index in [1.54, 1.807) is 0 Å². The molecule has 0 aliphatic carbocycles. The Balaban J connectivity index is 2.43. The van der Waals surface area contributed by atoms with Gasteiger partial charge in [-0.05, 0) is 24.6 Å². The predicted octanol–water partition coefficient (Wildman–Crippen LogP) is 1.41. The standard InChI is InChI=1S/C8H8O2/c9-4-3-6-5-7-1-2-8(6)10-7/h1-2,5,9H,3-4H2. The van der Waals surface area contributed by atoms with E-state index in [0.29, 0.717) is 6.42 Å². The van der Waals surface area contributed by atoms with Crippen LogP contribution in [-0.2, 0) is 6.42 Å². The van der Waals surface area contributed by atoms with Gasteiger partial charge in [0.2, 0.25) is 0 Å². The Labute approximate surface area is 58.4 Å². The SMILES string of the molecule is OCCc1cc2ccc1o2. The van der Waals surface area contributed by atoms with Gasteiger partial charge >= 0.3 is 0 Å². The number of hydrogen-bond acceptors (Lipinski definition) is 2. The van der Waals surface area contributed by atoms with Crippen LogP contribution in [0.4, 0.5) is 0 Å². The van der Waals surface area contributed by atoms with Crippen molar-refractivity contribution in [3.63, 3.8) is 0 Å². The van der Waals surface area contributed by atoms with Crippen LogP contribution in [-0.4, -0.2) is 11.7 Å². The van der Waals surface area contributed by atoms with Crippen LogP contribution in [0.3, 0.4) is 0 Å². The van der Waals surface area contributed by atoms with Crippen molar-refractivity contribution in [2.45, 2.75) is 6.42 Å². The first-order valence-corrected chi connectivity index (χ1v) is 3.32. The summed E-state index contributed by atoms with van der Waals surface area (Å²) in [6.45, 7) is 0.194. The monoisotopic (exact) mass is 136 g/mol. The molecule has 2 nitrogen and oxygen atoms in total. The fraction of sp³-hybridized carbons (Fsp3) is 0.250. The van der Waals surface area contributed by atoms with Crippen LogP contribution < -0.4 is 0 Å². The third kappa shape index (κ3) is 0.693. The minimum atomic E-state index is 0.194. The molecule has 10 heavy (non-hydrogen) atoms. The number of rotatable bonds is 2. The van der Waals surface area contributed by atoms with E-state index in [2.05, 4.69) is 0 Å². The second-order valence-corrected chi connectivity index (χ2v) is 2.35. The molecule has 0 fully saturated rings. The van der Waals surface area contributed by atoms with Crippen molar-refractivity contribution in [2.24, 2.45) is 0 Å². The number of benzene rings is 1. The van der Waals surface area contributed by atoms with Gasteiger partial charge in [-0.15, -0.1) is 0 Å². The summed E-state index contributed by atoms with van der Waals surface area (Å²) in [6, 6.07) is 5.82. The summed E-state index contributed by atoms with van der Waals surface area (Å²) in [7, 11) is 0. The van der Waals surface area contributed by atoms with Gasteiger partial charge in [0.05, 0.1) is 0 Å². The van der Waals surface area contributed by atoms with Crippen molar-refractivity contribution in [3.05, 3.63) is 23.8 Å². The minimum absolute atomic E-state index is 0.194. The Bertz CT molecular complexity index is 310. The predicted molar refractivity (Wildman–Crippen MR) is 38.2 cm³/mol.